The van der Waals surface area contributed by atoms with Gasteiger partial charge in [0, 0.05) is 17.4 Å². The summed E-state index contributed by atoms with van der Waals surface area (Å²) < 4.78 is 0. The van der Waals surface area contributed by atoms with Gasteiger partial charge in [-0.05, 0) is 97.0 Å². The molecule has 3 nitrogen and oxygen atoms in total. The molecule has 0 amide bonds. The van der Waals surface area contributed by atoms with Gasteiger partial charge in [-0.25, -0.2) is 4.79 Å². The third kappa shape index (κ3) is 3.43. The second-order valence-electron chi connectivity index (χ2n) is 12.9. The van der Waals surface area contributed by atoms with E-state index in [0.29, 0.717) is 35.5 Å². The third-order valence-electron chi connectivity index (χ3n) is 11.1. The summed E-state index contributed by atoms with van der Waals surface area (Å²) in [5, 5.41) is 9.15. The van der Waals surface area contributed by atoms with Crippen molar-refractivity contribution in [1.29, 1.82) is 0 Å². The largest absolute Gasteiger partial charge is 0.478 e. The number of ketones is 1. The van der Waals surface area contributed by atoms with E-state index in [0.717, 1.165) is 32.1 Å². The van der Waals surface area contributed by atoms with Gasteiger partial charge in [0.15, 0.2) is 0 Å². The van der Waals surface area contributed by atoms with Crippen LogP contribution in [0.15, 0.2) is 34.9 Å². The smallest absolute Gasteiger partial charge is 0.330 e. The summed E-state index contributed by atoms with van der Waals surface area (Å²) in [5.74, 6) is 1.25. The molecule has 0 spiro atoms. The number of rotatable bonds is 5. The zero-order valence-corrected chi connectivity index (χ0v) is 21.9. The molecule has 2 fully saturated rings. The summed E-state index contributed by atoms with van der Waals surface area (Å²) in [4.78, 5) is 23.9. The Morgan fingerprint density at radius 1 is 1.15 bits per heavy atom. The predicted octanol–water partition coefficient (Wildman–Crippen LogP) is 7.53. The van der Waals surface area contributed by atoms with Crippen LogP contribution >= 0.6 is 0 Å². The second kappa shape index (κ2) is 7.95. The van der Waals surface area contributed by atoms with E-state index in [1.54, 1.807) is 18.1 Å². The van der Waals surface area contributed by atoms with E-state index < -0.39 is 5.97 Å². The molecule has 4 rings (SSSR count). The van der Waals surface area contributed by atoms with Crippen molar-refractivity contribution in [2.75, 3.05) is 0 Å². The molecule has 0 aromatic rings. The normalized spacial score (nSPS) is 40.8. The van der Waals surface area contributed by atoms with Gasteiger partial charge in [0.25, 0.3) is 0 Å². The zero-order chi connectivity index (χ0) is 24.4. The third-order valence-corrected chi connectivity index (χ3v) is 11.1. The van der Waals surface area contributed by atoms with E-state index in [2.05, 4.69) is 53.7 Å². The SMILES string of the molecule is C/C(=C\CCC(C)C1CCC2(C)C3=CCC4C(C)(C)C(=O)CCC4(C)C3=CCC12C)C(=O)O. The number of Topliss-reactive ketones (excluding diaryl/α,β-unsaturated/α-hetero) is 1. The maximum atomic E-state index is 12.8. The minimum Gasteiger partial charge on any atom is -0.478 e. The number of carboxylic acid groups (broad SMARTS) is 1. The molecule has 2 saturated carbocycles. The van der Waals surface area contributed by atoms with Crippen molar-refractivity contribution in [2.24, 2.45) is 39.4 Å². The van der Waals surface area contributed by atoms with Gasteiger partial charge in [-0.1, -0.05) is 59.8 Å². The Labute approximate surface area is 200 Å². The molecular weight excluding hydrogens is 408 g/mol. The van der Waals surface area contributed by atoms with Crippen molar-refractivity contribution < 1.29 is 14.7 Å². The molecule has 182 valence electrons. The molecule has 33 heavy (non-hydrogen) atoms. The average molecular weight is 453 g/mol. The molecule has 3 heteroatoms. The first kappa shape index (κ1) is 24.5. The van der Waals surface area contributed by atoms with Gasteiger partial charge in [0.2, 0.25) is 0 Å². The molecule has 0 aromatic carbocycles. The Balaban J connectivity index is 1.62. The van der Waals surface area contributed by atoms with Crippen LogP contribution in [0.25, 0.3) is 0 Å². The van der Waals surface area contributed by atoms with E-state index in [1.165, 1.54) is 12.8 Å². The lowest BCUT2D eigenvalue weighted by atomic mass is 9.44. The van der Waals surface area contributed by atoms with Gasteiger partial charge in [0.1, 0.15) is 5.78 Å². The van der Waals surface area contributed by atoms with Gasteiger partial charge in [-0.2, -0.15) is 0 Å². The lowest BCUT2D eigenvalue weighted by molar-refractivity contribution is -0.138. The molecule has 0 aliphatic heterocycles. The molecule has 0 bridgehead atoms. The van der Waals surface area contributed by atoms with Gasteiger partial charge >= 0.3 is 5.97 Å². The number of hydrogen-bond donors (Lipinski definition) is 1. The van der Waals surface area contributed by atoms with E-state index in [4.69, 9.17) is 5.11 Å². The predicted molar refractivity (Wildman–Crippen MR) is 134 cm³/mol. The number of carbonyl (C=O) groups is 2. The Hall–Kier alpha value is -1.64. The molecule has 0 saturated heterocycles. The fourth-order valence-corrected chi connectivity index (χ4v) is 8.61. The molecule has 6 unspecified atom stereocenters. The maximum absolute atomic E-state index is 12.8. The molecular formula is C30H44O3. The van der Waals surface area contributed by atoms with Crippen molar-refractivity contribution in [3.05, 3.63) is 34.9 Å². The highest BCUT2D eigenvalue weighted by atomic mass is 16.4. The monoisotopic (exact) mass is 452 g/mol. The highest BCUT2D eigenvalue weighted by Gasteiger charge is 2.63. The number of carboxylic acids is 1. The molecule has 1 N–H and O–H groups in total. The second-order valence-corrected chi connectivity index (χ2v) is 12.9. The minimum atomic E-state index is -0.809. The van der Waals surface area contributed by atoms with E-state index in [1.807, 2.05) is 6.08 Å². The summed E-state index contributed by atoms with van der Waals surface area (Å²) in [5.41, 5.74) is 3.89. The topological polar surface area (TPSA) is 54.4 Å². The van der Waals surface area contributed by atoms with Crippen molar-refractivity contribution in [3.63, 3.8) is 0 Å². The molecule has 0 radical (unpaired) electrons. The highest BCUT2D eigenvalue weighted by Crippen LogP contribution is 2.71. The highest BCUT2D eigenvalue weighted by molar-refractivity contribution is 5.86. The van der Waals surface area contributed by atoms with E-state index in [9.17, 15) is 9.59 Å². The van der Waals surface area contributed by atoms with Crippen molar-refractivity contribution in [3.8, 4) is 0 Å². The van der Waals surface area contributed by atoms with Crippen LogP contribution in [0.2, 0.25) is 0 Å². The molecule has 0 heterocycles. The summed E-state index contributed by atoms with van der Waals surface area (Å²) in [6.45, 7) is 15.9. The first-order chi connectivity index (χ1) is 15.3. The number of hydrogen-bond acceptors (Lipinski definition) is 2. The van der Waals surface area contributed by atoms with E-state index >= 15 is 0 Å². The summed E-state index contributed by atoms with van der Waals surface area (Å²) >= 11 is 0. The molecule has 0 aromatic heterocycles. The standard InChI is InChI=1S/C30H44O3/c1-19(9-8-10-20(2)26(32)33)21-13-17-30(7)23-11-12-24-27(3,4)25(31)15-16-28(24,5)22(23)14-18-29(21,30)6/h10-11,14,19,21,24H,8-9,12-13,15-18H2,1-7H3,(H,32,33)/b20-10+. The number of carbonyl (C=O) groups excluding carboxylic acids is 1. The first-order valence-corrected chi connectivity index (χ1v) is 13.1. The van der Waals surface area contributed by atoms with Crippen LogP contribution in [0, 0.1) is 39.4 Å². The Bertz CT molecular complexity index is 950. The number of allylic oxidation sites excluding steroid dienone is 5. The summed E-state index contributed by atoms with van der Waals surface area (Å²) in [7, 11) is 0. The Morgan fingerprint density at radius 2 is 1.85 bits per heavy atom. The van der Waals surface area contributed by atoms with Crippen LogP contribution < -0.4 is 0 Å². The Kier molecular flexibility index (Phi) is 5.90. The van der Waals surface area contributed by atoms with Crippen LogP contribution in [0.3, 0.4) is 0 Å². The van der Waals surface area contributed by atoms with Gasteiger partial charge in [-0.3, -0.25) is 4.79 Å². The fraction of sp³-hybridized carbons (Fsp3) is 0.733. The van der Waals surface area contributed by atoms with Crippen LogP contribution in [-0.2, 0) is 9.59 Å². The van der Waals surface area contributed by atoms with E-state index in [-0.39, 0.29) is 21.7 Å². The first-order valence-electron chi connectivity index (χ1n) is 13.1. The molecule has 4 aliphatic carbocycles. The fourth-order valence-electron chi connectivity index (χ4n) is 8.61. The van der Waals surface area contributed by atoms with Gasteiger partial charge in [-0.15, -0.1) is 0 Å². The van der Waals surface area contributed by atoms with Gasteiger partial charge in [0.05, 0.1) is 0 Å². The summed E-state index contributed by atoms with van der Waals surface area (Å²) in [6.07, 6.45) is 15.2. The van der Waals surface area contributed by atoms with Crippen LogP contribution in [0.1, 0.15) is 99.8 Å². The van der Waals surface area contributed by atoms with Crippen molar-refractivity contribution in [2.45, 2.75) is 99.8 Å². The summed E-state index contributed by atoms with van der Waals surface area (Å²) in [6, 6.07) is 0. The maximum Gasteiger partial charge on any atom is 0.330 e. The molecule has 6 atom stereocenters. The van der Waals surface area contributed by atoms with Crippen molar-refractivity contribution >= 4 is 11.8 Å². The van der Waals surface area contributed by atoms with Crippen LogP contribution in [0.4, 0.5) is 0 Å². The number of fused-ring (bicyclic) bond motifs is 5. The van der Waals surface area contributed by atoms with Crippen molar-refractivity contribution in [1.82, 2.24) is 0 Å². The Morgan fingerprint density at radius 3 is 2.52 bits per heavy atom. The van der Waals surface area contributed by atoms with Crippen LogP contribution in [0.5, 0.6) is 0 Å². The molecule has 4 aliphatic rings. The zero-order valence-electron chi connectivity index (χ0n) is 21.9. The average Bonchev–Trinajstić information content (AvgIpc) is 3.02. The number of aliphatic carboxylic acids is 1. The lowest BCUT2D eigenvalue weighted by Crippen LogP contribution is -2.53. The van der Waals surface area contributed by atoms with Crippen LogP contribution in [-0.4, -0.2) is 16.9 Å². The van der Waals surface area contributed by atoms with Gasteiger partial charge < -0.3 is 5.11 Å². The lowest BCUT2D eigenvalue weighted by Gasteiger charge is -2.59. The minimum absolute atomic E-state index is 0.106. The quantitative estimate of drug-likeness (QED) is 0.439.